The van der Waals surface area contributed by atoms with E-state index in [0.717, 1.165) is 37.4 Å². The summed E-state index contributed by atoms with van der Waals surface area (Å²) < 4.78 is 33.3. The Morgan fingerprint density at radius 1 is 1.11 bits per heavy atom. The fraction of sp³-hybridized carbons (Fsp3) is 0.480. The van der Waals surface area contributed by atoms with Gasteiger partial charge in [0.05, 0.1) is 5.02 Å². The molecule has 2 aromatic carbocycles. The van der Waals surface area contributed by atoms with Gasteiger partial charge in [-0.3, -0.25) is 9.69 Å². The molecule has 190 valence electrons. The van der Waals surface area contributed by atoms with Gasteiger partial charge in [0.2, 0.25) is 15.9 Å². The SMILES string of the molecule is CN(Cc1cccc(OCCN2CCN(S(=O)(=O)c3ccccc3Cl)CC2)c1)CC1CCC(=O)N1. The van der Waals surface area contributed by atoms with E-state index in [9.17, 15) is 13.2 Å². The number of halogens is 1. The Morgan fingerprint density at radius 2 is 1.89 bits per heavy atom. The zero-order valence-corrected chi connectivity index (χ0v) is 21.6. The quantitative estimate of drug-likeness (QED) is 0.518. The summed E-state index contributed by atoms with van der Waals surface area (Å²) >= 11 is 6.11. The number of likely N-dealkylation sites (N-methyl/N-ethyl adjacent to an activating group) is 1. The van der Waals surface area contributed by atoms with Crippen molar-refractivity contribution in [3.8, 4) is 5.75 Å². The number of carbonyl (C=O) groups is 1. The summed E-state index contributed by atoms with van der Waals surface area (Å²) in [4.78, 5) is 16.0. The van der Waals surface area contributed by atoms with Crippen molar-refractivity contribution in [1.82, 2.24) is 19.4 Å². The van der Waals surface area contributed by atoms with Crippen LogP contribution < -0.4 is 10.1 Å². The summed E-state index contributed by atoms with van der Waals surface area (Å²) in [6.45, 7) is 5.02. The lowest BCUT2D eigenvalue weighted by Crippen LogP contribution is -2.49. The molecule has 0 aromatic heterocycles. The first-order valence-electron chi connectivity index (χ1n) is 12.0. The number of sulfonamides is 1. The van der Waals surface area contributed by atoms with E-state index in [1.807, 2.05) is 12.1 Å². The molecule has 2 aromatic rings. The molecule has 2 aliphatic rings. The van der Waals surface area contributed by atoms with Crippen LogP contribution in [0.15, 0.2) is 53.4 Å². The van der Waals surface area contributed by atoms with E-state index in [1.54, 1.807) is 24.3 Å². The van der Waals surface area contributed by atoms with Gasteiger partial charge >= 0.3 is 0 Å². The predicted molar refractivity (Wildman–Crippen MR) is 136 cm³/mol. The highest BCUT2D eigenvalue weighted by molar-refractivity contribution is 7.89. The first-order chi connectivity index (χ1) is 16.8. The van der Waals surface area contributed by atoms with E-state index in [2.05, 4.69) is 34.3 Å². The Hall–Kier alpha value is -2.17. The minimum atomic E-state index is -3.59. The predicted octanol–water partition coefficient (Wildman–Crippen LogP) is 2.44. The molecule has 0 radical (unpaired) electrons. The molecule has 0 saturated carbocycles. The molecule has 35 heavy (non-hydrogen) atoms. The van der Waals surface area contributed by atoms with Crippen molar-refractivity contribution in [3.05, 3.63) is 59.1 Å². The summed E-state index contributed by atoms with van der Waals surface area (Å²) in [5, 5.41) is 3.26. The maximum Gasteiger partial charge on any atom is 0.244 e. The molecule has 4 rings (SSSR count). The molecule has 2 aliphatic heterocycles. The third-order valence-electron chi connectivity index (χ3n) is 6.43. The molecule has 1 atom stereocenters. The molecule has 2 saturated heterocycles. The zero-order chi connectivity index (χ0) is 24.8. The number of nitrogens with one attached hydrogen (secondary N) is 1. The monoisotopic (exact) mass is 520 g/mol. The van der Waals surface area contributed by atoms with Crippen LogP contribution >= 0.6 is 11.6 Å². The Labute approximate surface area is 212 Å². The van der Waals surface area contributed by atoms with E-state index in [-0.39, 0.29) is 21.9 Å². The minimum absolute atomic E-state index is 0.141. The lowest BCUT2D eigenvalue weighted by molar-refractivity contribution is -0.119. The standard InChI is InChI=1S/C25H33ClN4O4S/c1-28(19-21-9-10-25(31)27-21)18-20-5-4-6-22(17-20)34-16-15-29-11-13-30(14-12-29)35(32,33)24-8-3-2-7-23(24)26/h2-8,17,21H,9-16,18-19H2,1H3,(H,27,31). The largest absolute Gasteiger partial charge is 0.492 e. The van der Waals surface area contributed by atoms with Gasteiger partial charge in [-0.15, -0.1) is 0 Å². The number of amides is 1. The van der Waals surface area contributed by atoms with Gasteiger partial charge in [0.15, 0.2) is 0 Å². The van der Waals surface area contributed by atoms with Crippen LogP contribution in [0.5, 0.6) is 5.75 Å². The van der Waals surface area contributed by atoms with Gasteiger partial charge in [-0.25, -0.2) is 8.42 Å². The number of hydrogen-bond acceptors (Lipinski definition) is 6. The summed E-state index contributed by atoms with van der Waals surface area (Å²) in [6.07, 6.45) is 1.51. The highest BCUT2D eigenvalue weighted by atomic mass is 35.5. The number of benzene rings is 2. The Balaban J connectivity index is 1.20. The average Bonchev–Trinajstić information content (AvgIpc) is 3.24. The second kappa shape index (κ2) is 11.7. The van der Waals surface area contributed by atoms with Gasteiger partial charge < -0.3 is 15.0 Å². The van der Waals surface area contributed by atoms with E-state index in [1.165, 1.54) is 4.31 Å². The van der Waals surface area contributed by atoms with Crippen molar-refractivity contribution in [2.24, 2.45) is 0 Å². The van der Waals surface area contributed by atoms with Crippen molar-refractivity contribution < 1.29 is 17.9 Å². The van der Waals surface area contributed by atoms with Crippen LogP contribution in [0.4, 0.5) is 0 Å². The third-order valence-corrected chi connectivity index (χ3v) is 8.83. The fourth-order valence-corrected chi connectivity index (χ4v) is 6.49. The van der Waals surface area contributed by atoms with E-state index >= 15 is 0 Å². The number of ether oxygens (including phenoxy) is 1. The second-order valence-electron chi connectivity index (χ2n) is 9.17. The first-order valence-corrected chi connectivity index (χ1v) is 13.8. The molecule has 2 heterocycles. The molecule has 0 aliphatic carbocycles. The Morgan fingerprint density at radius 3 is 2.60 bits per heavy atom. The van der Waals surface area contributed by atoms with Gasteiger partial charge in [0.25, 0.3) is 0 Å². The molecule has 0 bridgehead atoms. The first kappa shape index (κ1) is 25.9. The molecule has 8 nitrogen and oxygen atoms in total. The maximum absolute atomic E-state index is 12.9. The van der Waals surface area contributed by atoms with Crippen molar-refractivity contribution in [1.29, 1.82) is 0 Å². The Kier molecular flexibility index (Phi) is 8.67. The second-order valence-corrected chi connectivity index (χ2v) is 11.5. The molecule has 2 fully saturated rings. The van der Waals surface area contributed by atoms with Crippen molar-refractivity contribution in [2.75, 3.05) is 52.9 Å². The van der Waals surface area contributed by atoms with Crippen LogP contribution in [0.25, 0.3) is 0 Å². The van der Waals surface area contributed by atoms with Crippen LogP contribution in [0, 0.1) is 0 Å². The van der Waals surface area contributed by atoms with Crippen molar-refractivity contribution >= 4 is 27.5 Å². The van der Waals surface area contributed by atoms with Crippen LogP contribution in [0.3, 0.4) is 0 Å². The van der Waals surface area contributed by atoms with Gasteiger partial charge in [0, 0.05) is 58.3 Å². The maximum atomic E-state index is 12.9. The average molecular weight is 521 g/mol. The van der Waals surface area contributed by atoms with E-state index in [0.29, 0.717) is 39.2 Å². The number of carbonyl (C=O) groups excluding carboxylic acids is 1. The van der Waals surface area contributed by atoms with Crippen LogP contribution in [0.2, 0.25) is 5.02 Å². The van der Waals surface area contributed by atoms with Gasteiger partial charge in [-0.1, -0.05) is 35.9 Å². The lowest BCUT2D eigenvalue weighted by Gasteiger charge is -2.34. The smallest absolute Gasteiger partial charge is 0.244 e. The molecular formula is C25H33ClN4O4S. The normalized spacial score (nSPS) is 19.7. The zero-order valence-electron chi connectivity index (χ0n) is 20.0. The Bertz CT molecular complexity index is 1120. The topological polar surface area (TPSA) is 82.2 Å². The molecule has 10 heteroatoms. The third kappa shape index (κ3) is 6.95. The highest BCUT2D eigenvalue weighted by Gasteiger charge is 2.29. The molecule has 1 unspecified atom stereocenters. The van der Waals surface area contributed by atoms with Crippen molar-refractivity contribution in [2.45, 2.75) is 30.3 Å². The number of hydrogen-bond donors (Lipinski definition) is 1. The number of nitrogens with zero attached hydrogens (tertiary/aromatic N) is 3. The van der Waals surface area contributed by atoms with Gasteiger partial charge in [-0.2, -0.15) is 4.31 Å². The number of rotatable bonds is 10. The molecule has 0 spiro atoms. The molecule has 1 amide bonds. The molecule has 1 N–H and O–H groups in total. The molecular weight excluding hydrogens is 488 g/mol. The summed E-state index contributed by atoms with van der Waals surface area (Å²) in [7, 11) is -1.53. The van der Waals surface area contributed by atoms with Gasteiger partial charge in [-0.05, 0) is 43.3 Å². The van der Waals surface area contributed by atoms with E-state index in [4.69, 9.17) is 16.3 Å². The number of piperazine rings is 1. The summed E-state index contributed by atoms with van der Waals surface area (Å²) in [6, 6.07) is 14.9. The summed E-state index contributed by atoms with van der Waals surface area (Å²) in [5.74, 6) is 0.965. The minimum Gasteiger partial charge on any atom is -0.492 e. The lowest BCUT2D eigenvalue weighted by atomic mass is 10.1. The van der Waals surface area contributed by atoms with Crippen molar-refractivity contribution in [3.63, 3.8) is 0 Å². The van der Waals surface area contributed by atoms with Crippen LogP contribution in [-0.4, -0.2) is 87.4 Å². The highest BCUT2D eigenvalue weighted by Crippen LogP contribution is 2.25. The fourth-order valence-electron chi connectivity index (χ4n) is 4.58. The van der Waals surface area contributed by atoms with E-state index < -0.39 is 10.0 Å². The van der Waals surface area contributed by atoms with Gasteiger partial charge in [0.1, 0.15) is 17.3 Å². The van der Waals surface area contributed by atoms with Crippen LogP contribution in [0.1, 0.15) is 18.4 Å². The van der Waals surface area contributed by atoms with Crippen LogP contribution in [-0.2, 0) is 21.4 Å². The summed E-state index contributed by atoms with van der Waals surface area (Å²) in [5.41, 5.74) is 1.16.